The Balaban J connectivity index is 2.62. The number of nitrogens with two attached hydrogens (primary N) is 1. The van der Waals surface area contributed by atoms with Crippen LogP contribution in [0.4, 0.5) is 0 Å². The molecule has 1 fully saturated rings. The fourth-order valence-electron chi connectivity index (χ4n) is 3.07. The van der Waals surface area contributed by atoms with Gasteiger partial charge >= 0.3 is 0 Å². The minimum atomic E-state index is -1.02. The molecule has 0 aromatic heterocycles. The van der Waals surface area contributed by atoms with Crippen LogP contribution < -0.4 is 10.7 Å². The van der Waals surface area contributed by atoms with Crippen molar-refractivity contribution in [3.05, 3.63) is 29.3 Å². The minimum absolute atomic E-state index is 0.235. The molecule has 2 rings (SSSR count). The molecule has 1 aliphatic heterocycles. The zero-order valence-electron chi connectivity index (χ0n) is 13.7. The van der Waals surface area contributed by atoms with Crippen molar-refractivity contribution in [1.29, 1.82) is 0 Å². The fraction of sp³-hybridized carbons (Fsp3) is 0.529. The summed E-state index contributed by atoms with van der Waals surface area (Å²) >= 11 is 0. The molecular weight excluding hydrogens is 282 g/mol. The first-order chi connectivity index (χ1) is 10.1. The first-order valence-corrected chi connectivity index (χ1v) is 7.42. The van der Waals surface area contributed by atoms with Crippen LogP contribution in [0, 0.1) is 0 Å². The third-order valence-corrected chi connectivity index (χ3v) is 4.17. The SMILES string of the molecule is CCc1ccc(ON)cc1C1C(=O)C(C)(C)OC(C)(C)C1=O. The number of ether oxygens (including phenoxy) is 1. The third-order valence-electron chi connectivity index (χ3n) is 4.17. The largest absolute Gasteiger partial charge is 0.412 e. The Kier molecular flexibility index (Phi) is 4.15. The average molecular weight is 305 g/mol. The zero-order valence-corrected chi connectivity index (χ0v) is 13.7. The van der Waals surface area contributed by atoms with Gasteiger partial charge in [0.05, 0.1) is 0 Å². The molecule has 0 bridgehead atoms. The molecular formula is C17H23NO4. The Hall–Kier alpha value is -1.72. The quantitative estimate of drug-likeness (QED) is 0.685. The molecule has 0 amide bonds. The molecule has 0 saturated carbocycles. The molecule has 0 radical (unpaired) electrons. The highest BCUT2D eigenvalue weighted by atomic mass is 16.6. The maximum atomic E-state index is 12.8. The number of carbonyl (C=O) groups excluding carboxylic acids is 2. The fourth-order valence-corrected chi connectivity index (χ4v) is 3.07. The predicted octanol–water partition coefficient (Wildman–Crippen LogP) is 2.31. The van der Waals surface area contributed by atoms with Gasteiger partial charge in [-0.25, -0.2) is 0 Å². The summed E-state index contributed by atoms with van der Waals surface area (Å²) in [4.78, 5) is 30.4. The summed E-state index contributed by atoms with van der Waals surface area (Å²) < 4.78 is 5.71. The van der Waals surface area contributed by atoms with Crippen molar-refractivity contribution < 1.29 is 19.2 Å². The van der Waals surface area contributed by atoms with Crippen LogP contribution >= 0.6 is 0 Å². The second-order valence-electron chi connectivity index (χ2n) is 6.62. The van der Waals surface area contributed by atoms with Crippen LogP contribution in [-0.4, -0.2) is 22.8 Å². The topological polar surface area (TPSA) is 78.6 Å². The zero-order chi connectivity index (χ0) is 16.7. The first kappa shape index (κ1) is 16.6. The number of hydrogen-bond acceptors (Lipinski definition) is 5. The molecule has 0 spiro atoms. The molecule has 0 aliphatic carbocycles. The number of benzene rings is 1. The summed E-state index contributed by atoms with van der Waals surface area (Å²) in [5, 5.41) is 0. The predicted molar refractivity (Wildman–Crippen MR) is 82.6 cm³/mol. The molecule has 120 valence electrons. The van der Waals surface area contributed by atoms with E-state index in [2.05, 4.69) is 0 Å². The van der Waals surface area contributed by atoms with E-state index >= 15 is 0 Å². The second-order valence-corrected chi connectivity index (χ2v) is 6.62. The van der Waals surface area contributed by atoms with Crippen molar-refractivity contribution >= 4 is 11.6 Å². The van der Waals surface area contributed by atoms with Gasteiger partial charge in [0, 0.05) is 0 Å². The third kappa shape index (κ3) is 2.66. The van der Waals surface area contributed by atoms with Crippen molar-refractivity contribution in [3.63, 3.8) is 0 Å². The molecule has 1 aromatic carbocycles. The highest BCUT2D eigenvalue weighted by molar-refractivity contribution is 6.15. The first-order valence-electron chi connectivity index (χ1n) is 7.42. The number of rotatable bonds is 3. The van der Waals surface area contributed by atoms with Crippen LogP contribution in [0.1, 0.15) is 51.7 Å². The molecule has 1 aliphatic rings. The maximum absolute atomic E-state index is 12.8. The second kappa shape index (κ2) is 5.48. The van der Waals surface area contributed by atoms with E-state index in [1.165, 1.54) is 0 Å². The molecule has 2 N–H and O–H groups in total. The highest BCUT2D eigenvalue weighted by Crippen LogP contribution is 2.40. The minimum Gasteiger partial charge on any atom is -0.412 e. The summed E-state index contributed by atoms with van der Waals surface area (Å²) in [5.74, 6) is 4.32. The molecule has 1 aromatic rings. The monoisotopic (exact) mass is 305 g/mol. The van der Waals surface area contributed by atoms with Gasteiger partial charge in [-0.3, -0.25) is 9.59 Å². The van der Waals surface area contributed by atoms with Gasteiger partial charge in [0.15, 0.2) is 11.6 Å². The molecule has 1 saturated heterocycles. The van der Waals surface area contributed by atoms with E-state index in [-0.39, 0.29) is 11.6 Å². The summed E-state index contributed by atoms with van der Waals surface area (Å²) in [6, 6.07) is 5.25. The normalized spacial score (nSPS) is 21.0. The lowest BCUT2D eigenvalue weighted by molar-refractivity contribution is -0.184. The Morgan fingerprint density at radius 1 is 1.14 bits per heavy atom. The van der Waals surface area contributed by atoms with Crippen molar-refractivity contribution in [2.75, 3.05) is 0 Å². The van der Waals surface area contributed by atoms with E-state index in [1.54, 1.807) is 39.8 Å². The Morgan fingerprint density at radius 3 is 2.14 bits per heavy atom. The molecule has 0 unspecified atom stereocenters. The number of hydrogen-bond donors (Lipinski definition) is 1. The van der Waals surface area contributed by atoms with Crippen LogP contribution in [0.5, 0.6) is 5.75 Å². The smallest absolute Gasteiger partial charge is 0.179 e. The standard InChI is InChI=1S/C17H23NO4/c1-6-10-7-8-11(21-18)9-12(10)13-14(19)16(2,3)22-17(4,5)15(13)20/h7-9,13H,6,18H2,1-5H3. The van der Waals surface area contributed by atoms with E-state index in [4.69, 9.17) is 15.5 Å². The van der Waals surface area contributed by atoms with E-state index in [0.29, 0.717) is 17.7 Å². The van der Waals surface area contributed by atoms with Crippen LogP contribution in [0.3, 0.4) is 0 Å². The Labute approximate surface area is 130 Å². The van der Waals surface area contributed by atoms with Crippen LogP contribution in [0.25, 0.3) is 0 Å². The van der Waals surface area contributed by atoms with E-state index in [9.17, 15) is 9.59 Å². The summed E-state index contributed by atoms with van der Waals surface area (Å²) in [5.41, 5.74) is -0.454. The van der Waals surface area contributed by atoms with E-state index < -0.39 is 17.1 Å². The lowest BCUT2D eigenvalue weighted by Gasteiger charge is -2.43. The number of aryl methyl sites for hydroxylation is 1. The van der Waals surface area contributed by atoms with Gasteiger partial charge in [-0.05, 0) is 57.4 Å². The lowest BCUT2D eigenvalue weighted by Crippen LogP contribution is -2.58. The van der Waals surface area contributed by atoms with Gasteiger partial charge in [-0.1, -0.05) is 13.0 Å². The van der Waals surface area contributed by atoms with Crippen molar-refractivity contribution in [1.82, 2.24) is 0 Å². The van der Waals surface area contributed by atoms with E-state index in [0.717, 1.165) is 5.56 Å². The van der Waals surface area contributed by atoms with Gasteiger partial charge in [0.2, 0.25) is 0 Å². The Bertz CT molecular complexity index is 593. The number of Topliss-reactive ketones (excluding diaryl/α,β-unsaturated/α-hetero) is 2. The van der Waals surface area contributed by atoms with Crippen LogP contribution in [0.15, 0.2) is 18.2 Å². The molecule has 5 nitrogen and oxygen atoms in total. The molecule has 22 heavy (non-hydrogen) atoms. The summed E-state index contributed by atoms with van der Waals surface area (Å²) in [6.45, 7) is 8.78. The van der Waals surface area contributed by atoms with Gasteiger partial charge in [0.25, 0.3) is 0 Å². The lowest BCUT2D eigenvalue weighted by atomic mass is 9.74. The van der Waals surface area contributed by atoms with Crippen molar-refractivity contribution in [2.24, 2.45) is 5.90 Å². The number of carbonyl (C=O) groups is 2. The molecule has 1 heterocycles. The Morgan fingerprint density at radius 2 is 1.68 bits per heavy atom. The van der Waals surface area contributed by atoms with E-state index in [1.807, 2.05) is 13.0 Å². The van der Waals surface area contributed by atoms with Crippen LogP contribution in [-0.2, 0) is 20.7 Å². The van der Waals surface area contributed by atoms with Gasteiger partial charge in [-0.2, -0.15) is 5.90 Å². The maximum Gasteiger partial charge on any atom is 0.179 e. The van der Waals surface area contributed by atoms with Gasteiger partial charge in [0.1, 0.15) is 22.9 Å². The average Bonchev–Trinajstić information content (AvgIpc) is 2.44. The van der Waals surface area contributed by atoms with Crippen molar-refractivity contribution in [3.8, 4) is 5.75 Å². The number of ketones is 2. The van der Waals surface area contributed by atoms with Crippen molar-refractivity contribution in [2.45, 2.75) is 58.2 Å². The molecule has 0 atom stereocenters. The van der Waals surface area contributed by atoms with Crippen LogP contribution in [0.2, 0.25) is 0 Å². The van der Waals surface area contributed by atoms with Gasteiger partial charge < -0.3 is 9.57 Å². The van der Waals surface area contributed by atoms with Gasteiger partial charge in [-0.15, -0.1) is 0 Å². The summed E-state index contributed by atoms with van der Waals surface area (Å²) in [6.07, 6.45) is 0.707. The summed E-state index contributed by atoms with van der Waals surface area (Å²) in [7, 11) is 0. The molecule has 5 heteroatoms. The highest BCUT2D eigenvalue weighted by Gasteiger charge is 2.53.